The maximum atomic E-state index is 12.5. The predicted molar refractivity (Wildman–Crippen MR) is 110 cm³/mol. The zero-order chi connectivity index (χ0) is 20.8. The lowest BCUT2D eigenvalue weighted by atomic mass is 10.2. The Morgan fingerprint density at radius 1 is 1.14 bits per heavy atom. The van der Waals surface area contributed by atoms with Crippen LogP contribution in [0.4, 0.5) is 10.6 Å². The summed E-state index contributed by atoms with van der Waals surface area (Å²) in [6.45, 7) is 9.88. The number of thioether (sulfide) groups is 1. The van der Waals surface area contributed by atoms with Gasteiger partial charge in [-0.15, -0.1) is 0 Å². The predicted octanol–water partition coefficient (Wildman–Crippen LogP) is 1.48. The topological polar surface area (TPSA) is 88.1 Å². The molecule has 0 spiro atoms. The minimum absolute atomic E-state index is 0.0484. The Bertz CT molecular complexity index is 704. The highest BCUT2D eigenvalue weighted by atomic mass is 32.2. The summed E-state index contributed by atoms with van der Waals surface area (Å²) in [4.78, 5) is 38.6. The summed E-state index contributed by atoms with van der Waals surface area (Å²) in [5, 5.41) is 0.778. The molecule has 0 bridgehead atoms. The first-order valence-corrected chi connectivity index (χ1v) is 11.0. The quantitative estimate of drug-likeness (QED) is 0.520. The van der Waals surface area contributed by atoms with E-state index in [9.17, 15) is 9.59 Å². The number of carbonyl (C=O) groups excluding carboxylic acids is 2. The second-order valence-corrected chi connectivity index (χ2v) is 8.23. The van der Waals surface area contributed by atoms with Gasteiger partial charge in [0, 0.05) is 45.3 Å². The molecule has 10 heteroatoms. The average molecular weight is 424 g/mol. The van der Waals surface area contributed by atoms with E-state index >= 15 is 0 Å². The van der Waals surface area contributed by atoms with Gasteiger partial charge in [-0.3, -0.25) is 4.79 Å². The molecule has 1 aromatic rings. The van der Waals surface area contributed by atoms with Gasteiger partial charge >= 0.3 is 6.09 Å². The highest BCUT2D eigenvalue weighted by molar-refractivity contribution is 7.99. The molecule has 0 aromatic carbocycles. The lowest BCUT2D eigenvalue weighted by Gasteiger charge is -2.36. The van der Waals surface area contributed by atoms with Gasteiger partial charge in [0.15, 0.2) is 0 Å². The first-order chi connectivity index (χ1) is 14.0. The molecule has 2 aliphatic heterocycles. The summed E-state index contributed by atoms with van der Waals surface area (Å²) in [5.74, 6) is 1.22. The molecule has 2 atom stereocenters. The third kappa shape index (κ3) is 5.96. The van der Waals surface area contributed by atoms with Gasteiger partial charge < -0.3 is 24.2 Å². The van der Waals surface area contributed by atoms with Crippen LogP contribution in [0.3, 0.4) is 0 Å². The Hall–Kier alpha value is -2.07. The maximum Gasteiger partial charge on any atom is 0.409 e. The van der Waals surface area contributed by atoms with Crippen molar-refractivity contribution < 1.29 is 19.1 Å². The number of amides is 2. The van der Waals surface area contributed by atoms with Gasteiger partial charge in [0.05, 0.1) is 24.6 Å². The van der Waals surface area contributed by atoms with Crippen molar-refractivity contribution in [1.82, 2.24) is 19.8 Å². The third-order valence-electron chi connectivity index (χ3n) is 4.87. The summed E-state index contributed by atoms with van der Waals surface area (Å²) in [6, 6.07) is 1.93. The summed E-state index contributed by atoms with van der Waals surface area (Å²) in [5.41, 5.74) is 0. The Balaban J connectivity index is 1.49. The van der Waals surface area contributed by atoms with Gasteiger partial charge in [-0.1, -0.05) is 11.8 Å². The zero-order valence-corrected chi connectivity index (χ0v) is 18.1. The minimum Gasteiger partial charge on any atom is -0.450 e. The van der Waals surface area contributed by atoms with Crippen molar-refractivity contribution in [1.29, 1.82) is 0 Å². The van der Waals surface area contributed by atoms with Crippen molar-refractivity contribution in [3.8, 4) is 0 Å². The van der Waals surface area contributed by atoms with Crippen molar-refractivity contribution in [2.75, 3.05) is 56.5 Å². The van der Waals surface area contributed by atoms with Crippen LogP contribution in [0, 0.1) is 0 Å². The second kappa shape index (κ2) is 10.1. The van der Waals surface area contributed by atoms with Crippen LogP contribution in [0.25, 0.3) is 0 Å². The smallest absolute Gasteiger partial charge is 0.409 e. The van der Waals surface area contributed by atoms with Gasteiger partial charge in [0.2, 0.25) is 5.91 Å². The molecule has 2 aliphatic rings. The Labute approximate surface area is 175 Å². The van der Waals surface area contributed by atoms with Crippen LogP contribution in [0.5, 0.6) is 0 Å². The third-order valence-corrected chi connectivity index (χ3v) is 5.78. The van der Waals surface area contributed by atoms with Crippen molar-refractivity contribution in [3.63, 3.8) is 0 Å². The number of ether oxygens (including phenoxy) is 2. The summed E-state index contributed by atoms with van der Waals surface area (Å²) >= 11 is 1.41. The van der Waals surface area contributed by atoms with Crippen LogP contribution < -0.4 is 4.90 Å². The molecule has 2 saturated heterocycles. The molecule has 29 heavy (non-hydrogen) atoms. The van der Waals surface area contributed by atoms with Crippen LogP contribution in [0.2, 0.25) is 0 Å². The number of hydrogen-bond acceptors (Lipinski definition) is 8. The number of carbonyl (C=O) groups is 2. The van der Waals surface area contributed by atoms with E-state index < -0.39 is 0 Å². The van der Waals surface area contributed by atoms with Crippen molar-refractivity contribution >= 4 is 29.6 Å². The average Bonchev–Trinajstić information content (AvgIpc) is 2.72. The maximum absolute atomic E-state index is 12.5. The molecule has 3 rings (SSSR count). The van der Waals surface area contributed by atoms with E-state index in [1.165, 1.54) is 11.8 Å². The molecule has 2 unspecified atom stereocenters. The number of hydrogen-bond donors (Lipinski definition) is 0. The molecule has 2 amide bonds. The fourth-order valence-corrected chi connectivity index (χ4v) is 4.29. The fourth-order valence-electron chi connectivity index (χ4n) is 3.53. The standard InChI is InChI=1S/C19H29N5O4S/c1-4-27-19(26)23-7-5-22(6-8-23)18(25)12-29-17-9-16(20-13-21-17)24-10-14(2)28-15(3)11-24/h9,13-15H,4-8,10-12H2,1-3H3. The van der Waals surface area contributed by atoms with E-state index in [-0.39, 0.29) is 24.2 Å². The lowest BCUT2D eigenvalue weighted by Crippen LogP contribution is -2.51. The number of aromatic nitrogens is 2. The number of rotatable bonds is 5. The summed E-state index contributed by atoms with van der Waals surface area (Å²) in [6.07, 6.45) is 1.54. The molecule has 0 N–H and O–H groups in total. The van der Waals surface area contributed by atoms with Crippen LogP contribution in [-0.4, -0.2) is 95.6 Å². The molecule has 0 saturated carbocycles. The van der Waals surface area contributed by atoms with E-state index in [0.29, 0.717) is 38.5 Å². The summed E-state index contributed by atoms with van der Waals surface area (Å²) < 4.78 is 10.8. The molecule has 9 nitrogen and oxygen atoms in total. The van der Waals surface area contributed by atoms with Gasteiger partial charge in [0.1, 0.15) is 17.2 Å². The molecule has 160 valence electrons. The Morgan fingerprint density at radius 3 is 2.45 bits per heavy atom. The van der Waals surface area contributed by atoms with E-state index in [0.717, 1.165) is 23.9 Å². The lowest BCUT2D eigenvalue weighted by molar-refractivity contribution is -0.129. The molecule has 1 aromatic heterocycles. The molecule has 0 radical (unpaired) electrons. The molecular formula is C19H29N5O4S. The first kappa shape index (κ1) is 21.6. The SMILES string of the molecule is CCOC(=O)N1CCN(C(=O)CSc2cc(N3CC(C)OC(C)C3)ncn2)CC1. The van der Waals surface area contributed by atoms with Crippen molar-refractivity contribution in [2.45, 2.75) is 38.0 Å². The Morgan fingerprint density at radius 2 is 1.79 bits per heavy atom. The van der Waals surface area contributed by atoms with Gasteiger partial charge in [0.25, 0.3) is 0 Å². The highest BCUT2D eigenvalue weighted by Crippen LogP contribution is 2.23. The van der Waals surface area contributed by atoms with Crippen LogP contribution in [0.15, 0.2) is 17.4 Å². The highest BCUT2D eigenvalue weighted by Gasteiger charge is 2.26. The van der Waals surface area contributed by atoms with Crippen LogP contribution >= 0.6 is 11.8 Å². The molecule has 0 aliphatic carbocycles. The Kier molecular flexibility index (Phi) is 7.54. The normalized spacial score (nSPS) is 22.5. The number of morpholine rings is 1. The number of anilines is 1. The van der Waals surface area contributed by atoms with Crippen LogP contribution in [-0.2, 0) is 14.3 Å². The molecular weight excluding hydrogens is 394 g/mol. The van der Waals surface area contributed by atoms with Crippen LogP contribution in [0.1, 0.15) is 20.8 Å². The number of nitrogens with zero attached hydrogens (tertiary/aromatic N) is 5. The number of piperazine rings is 1. The van der Waals surface area contributed by atoms with E-state index in [1.807, 2.05) is 6.07 Å². The van der Waals surface area contributed by atoms with Crippen molar-refractivity contribution in [2.24, 2.45) is 0 Å². The largest absolute Gasteiger partial charge is 0.450 e. The summed E-state index contributed by atoms with van der Waals surface area (Å²) in [7, 11) is 0. The fraction of sp³-hybridized carbons (Fsp3) is 0.684. The zero-order valence-electron chi connectivity index (χ0n) is 17.2. The second-order valence-electron chi connectivity index (χ2n) is 7.23. The molecule has 2 fully saturated rings. The van der Waals surface area contributed by atoms with Gasteiger partial charge in [-0.05, 0) is 20.8 Å². The van der Waals surface area contributed by atoms with Gasteiger partial charge in [-0.2, -0.15) is 0 Å². The van der Waals surface area contributed by atoms with E-state index in [1.54, 1.807) is 23.1 Å². The van der Waals surface area contributed by atoms with E-state index in [2.05, 4.69) is 28.7 Å². The minimum atomic E-state index is -0.311. The molecule has 3 heterocycles. The first-order valence-electron chi connectivity index (χ1n) is 10.0. The van der Waals surface area contributed by atoms with E-state index in [4.69, 9.17) is 9.47 Å². The van der Waals surface area contributed by atoms with Gasteiger partial charge in [-0.25, -0.2) is 14.8 Å². The monoisotopic (exact) mass is 423 g/mol. The van der Waals surface area contributed by atoms with Crippen molar-refractivity contribution in [3.05, 3.63) is 12.4 Å².